The first-order valence-corrected chi connectivity index (χ1v) is 3.26. The summed E-state index contributed by atoms with van der Waals surface area (Å²) in [5.41, 5.74) is 0. The molecule has 0 amide bonds. The second-order valence-electron chi connectivity index (χ2n) is 2.41. The molecule has 1 unspecified atom stereocenters. The number of aliphatic hydroxyl groups excluding tert-OH is 1. The molecular formula is C7H8N2O. The predicted octanol–water partition coefficient (Wildman–Crippen LogP) is -1.26. The predicted molar refractivity (Wildman–Crippen MR) is 37.4 cm³/mol. The van der Waals surface area contributed by atoms with Gasteiger partial charge in [-0.2, -0.15) is 5.10 Å². The van der Waals surface area contributed by atoms with Crippen LogP contribution >= 0.6 is 0 Å². The largest absolute Gasteiger partial charge is 0.389 e. The lowest BCUT2D eigenvalue weighted by Gasteiger charge is -2.01. The van der Waals surface area contributed by atoms with Gasteiger partial charge in [0.1, 0.15) is 0 Å². The number of nitrogens with zero attached hydrogens (tertiary/aromatic N) is 1. The van der Waals surface area contributed by atoms with E-state index in [-0.39, 0.29) is 6.10 Å². The molecule has 2 rings (SSSR count). The molecule has 10 heavy (non-hydrogen) atoms. The van der Waals surface area contributed by atoms with Crippen LogP contribution in [0.25, 0.3) is 12.2 Å². The van der Waals surface area contributed by atoms with E-state index in [2.05, 4.69) is 10.2 Å². The van der Waals surface area contributed by atoms with Crippen LogP contribution in [0.5, 0.6) is 0 Å². The zero-order valence-electron chi connectivity index (χ0n) is 5.41. The minimum Gasteiger partial charge on any atom is -0.389 e. The van der Waals surface area contributed by atoms with Gasteiger partial charge in [-0.15, -0.1) is 0 Å². The fourth-order valence-corrected chi connectivity index (χ4v) is 1.12. The highest BCUT2D eigenvalue weighted by Gasteiger charge is 2.02. The van der Waals surface area contributed by atoms with Crippen molar-refractivity contribution in [1.29, 1.82) is 0 Å². The molecule has 0 spiro atoms. The van der Waals surface area contributed by atoms with E-state index in [9.17, 15) is 0 Å². The van der Waals surface area contributed by atoms with E-state index >= 15 is 0 Å². The Hall–Kier alpha value is -1.09. The van der Waals surface area contributed by atoms with Gasteiger partial charge in [-0.05, 0) is 12.5 Å². The molecule has 1 aromatic rings. The lowest BCUT2D eigenvalue weighted by molar-refractivity contribution is 0.244. The highest BCUT2D eigenvalue weighted by Crippen LogP contribution is 1.95. The summed E-state index contributed by atoms with van der Waals surface area (Å²) in [5.74, 6) is 0. The first-order chi connectivity index (χ1) is 4.86. The second-order valence-corrected chi connectivity index (χ2v) is 2.41. The van der Waals surface area contributed by atoms with E-state index < -0.39 is 0 Å². The minimum absolute atomic E-state index is 0.329. The van der Waals surface area contributed by atoms with Crippen LogP contribution in [-0.4, -0.2) is 21.4 Å². The maximum atomic E-state index is 9.15. The van der Waals surface area contributed by atoms with Crippen LogP contribution < -0.4 is 10.6 Å². The Bertz CT molecular complexity index is 339. The molecule has 0 radical (unpaired) electrons. The van der Waals surface area contributed by atoms with Gasteiger partial charge in [0.05, 0.1) is 17.6 Å². The normalized spacial score (nSPS) is 22.7. The van der Waals surface area contributed by atoms with Crippen LogP contribution in [0.3, 0.4) is 0 Å². The van der Waals surface area contributed by atoms with Crippen molar-refractivity contribution in [2.24, 2.45) is 0 Å². The van der Waals surface area contributed by atoms with Gasteiger partial charge in [0.15, 0.2) is 0 Å². The van der Waals surface area contributed by atoms with E-state index in [1.807, 2.05) is 6.08 Å². The van der Waals surface area contributed by atoms with E-state index in [0.29, 0.717) is 6.42 Å². The number of fused-ring (bicyclic) bond motifs is 1. The molecule has 1 atom stereocenters. The quantitative estimate of drug-likeness (QED) is 0.467. The molecule has 3 nitrogen and oxygen atoms in total. The summed E-state index contributed by atoms with van der Waals surface area (Å²) < 4.78 is 0. The number of aromatic nitrogens is 2. The van der Waals surface area contributed by atoms with Gasteiger partial charge in [-0.3, -0.25) is 5.10 Å². The summed E-state index contributed by atoms with van der Waals surface area (Å²) in [6.45, 7) is 0. The number of aromatic amines is 1. The molecule has 2 N–H and O–H groups in total. The van der Waals surface area contributed by atoms with Crippen LogP contribution in [0.15, 0.2) is 6.20 Å². The molecule has 1 heterocycles. The van der Waals surface area contributed by atoms with Crippen LogP contribution in [0, 0.1) is 0 Å². The fourth-order valence-electron chi connectivity index (χ4n) is 1.12. The molecule has 1 aromatic heterocycles. The first-order valence-electron chi connectivity index (χ1n) is 3.26. The third-order valence-electron chi connectivity index (χ3n) is 1.64. The average Bonchev–Trinajstić information content (AvgIpc) is 2.33. The third kappa shape index (κ3) is 0.752. The monoisotopic (exact) mass is 136 g/mol. The SMILES string of the molecule is OC1C=c2cn[nH]c2=CC1. The Kier molecular flexibility index (Phi) is 1.11. The number of H-pyrrole nitrogens is 1. The van der Waals surface area contributed by atoms with E-state index in [0.717, 1.165) is 10.6 Å². The molecule has 0 aliphatic heterocycles. The van der Waals surface area contributed by atoms with Crippen molar-refractivity contribution in [1.82, 2.24) is 10.2 Å². The Morgan fingerprint density at radius 3 is 3.50 bits per heavy atom. The standard InChI is InChI=1S/C7H8N2O/c10-6-1-2-7-5(3-6)4-8-9-7/h2-4,6,9-10H,1H2. The number of rotatable bonds is 0. The van der Waals surface area contributed by atoms with Crippen molar-refractivity contribution in [3.8, 4) is 0 Å². The second kappa shape index (κ2) is 1.95. The Morgan fingerprint density at radius 1 is 1.70 bits per heavy atom. The van der Waals surface area contributed by atoms with Gasteiger partial charge >= 0.3 is 0 Å². The summed E-state index contributed by atoms with van der Waals surface area (Å²) in [4.78, 5) is 0. The zero-order valence-corrected chi connectivity index (χ0v) is 5.41. The Balaban J connectivity index is 2.73. The first kappa shape index (κ1) is 5.68. The Labute approximate surface area is 57.7 Å². The topological polar surface area (TPSA) is 48.9 Å². The maximum absolute atomic E-state index is 9.15. The number of aliphatic hydroxyl groups is 1. The number of nitrogens with one attached hydrogen (secondary N) is 1. The van der Waals surface area contributed by atoms with Gasteiger partial charge in [-0.25, -0.2) is 0 Å². The minimum atomic E-state index is -0.329. The molecular weight excluding hydrogens is 128 g/mol. The van der Waals surface area contributed by atoms with Crippen LogP contribution in [0.1, 0.15) is 6.42 Å². The molecule has 52 valence electrons. The molecule has 0 aromatic carbocycles. The van der Waals surface area contributed by atoms with Gasteiger partial charge in [0.25, 0.3) is 0 Å². The molecule has 0 saturated heterocycles. The summed E-state index contributed by atoms with van der Waals surface area (Å²) in [5, 5.41) is 17.8. The van der Waals surface area contributed by atoms with E-state index in [4.69, 9.17) is 5.11 Å². The van der Waals surface area contributed by atoms with Crippen molar-refractivity contribution in [3.05, 3.63) is 16.8 Å². The summed E-state index contributed by atoms with van der Waals surface area (Å²) in [6, 6.07) is 0. The highest BCUT2D eigenvalue weighted by molar-refractivity contribution is 5.38. The fraction of sp³-hybridized carbons (Fsp3) is 0.286. The van der Waals surface area contributed by atoms with E-state index in [1.165, 1.54) is 0 Å². The molecule has 0 bridgehead atoms. The van der Waals surface area contributed by atoms with Gasteiger partial charge in [-0.1, -0.05) is 6.08 Å². The Morgan fingerprint density at radius 2 is 2.60 bits per heavy atom. The smallest absolute Gasteiger partial charge is 0.0766 e. The lowest BCUT2D eigenvalue weighted by atomic mass is 10.1. The molecule has 1 aliphatic carbocycles. The van der Waals surface area contributed by atoms with Crippen LogP contribution in [0.4, 0.5) is 0 Å². The molecule has 0 saturated carbocycles. The lowest BCUT2D eigenvalue weighted by Crippen LogP contribution is -2.28. The number of hydrogen-bond acceptors (Lipinski definition) is 2. The molecule has 3 heteroatoms. The van der Waals surface area contributed by atoms with Gasteiger partial charge < -0.3 is 5.11 Å². The summed E-state index contributed by atoms with van der Waals surface area (Å²) in [6.07, 6.45) is 5.83. The van der Waals surface area contributed by atoms with Gasteiger partial charge in [0.2, 0.25) is 0 Å². The number of hydrogen-bond donors (Lipinski definition) is 2. The maximum Gasteiger partial charge on any atom is 0.0766 e. The summed E-state index contributed by atoms with van der Waals surface area (Å²) in [7, 11) is 0. The molecule has 1 aliphatic rings. The van der Waals surface area contributed by atoms with Crippen molar-refractivity contribution in [2.75, 3.05) is 0 Å². The van der Waals surface area contributed by atoms with Crippen LogP contribution in [0.2, 0.25) is 0 Å². The van der Waals surface area contributed by atoms with Crippen molar-refractivity contribution in [2.45, 2.75) is 12.5 Å². The highest BCUT2D eigenvalue weighted by atomic mass is 16.3. The van der Waals surface area contributed by atoms with Crippen molar-refractivity contribution in [3.63, 3.8) is 0 Å². The van der Waals surface area contributed by atoms with Crippen LogP contribution in [-0.2, 0) is 0 Å². The van der Waals surface area contributed by atoms with Gasteiger partial charge in [0, 0.05) is 5.22 Å². The molecule has 0 fully saturated rings. The van der Waals surface area contributed by atoms with Crippen molar-refractivity contribution >= 4 is 12.2 Å². The zero-order chi connectivity index (χ0) is 6.97. The average molecular weight is 136 g/mol. The third-order valence-corrected chi connectivity index (χ3v) is 1.64. The summed E-state index contributed by atoms with van der Waals surface area (Å²) >= 11 is 0. The van der Waals surface area contributed by atoms with E-state index in [1.54, 1.807) is 12.3 Å². The van der Waals surface area contributed by atoms with Crippen molar-refractivity contribution < 1.29 is 5.11 Å².